The number of aromatic nitrogens is 1. The van der Waals surface area contributed by atoms with Crippen LogP contribution in [0.3, 0.4) is 0 Å². The monoisotopic (exact) mass is 394 g/mol. The Morgan fingerprint density at radius 3 is 2.69 bits per heavy atom. The largest absolute Gasteiger partial charge is 0.454 e. The molecular formula is C22H19FN2O4. The van der Waals surface area contributed by atoms with Gasteiger partial charge in [-0.2, -0.15) is 0 Å². The molecule has 0 saturated carbocycles. The molecule has 6 nitrogen and oxygen atoms in total. The summed E-state index contributed by atoms with van der Waals surface area (Å²) < 4.78 is 19.3. The minimum absolute atomic E-state index is 0.0204. The number of nitrogens with zero attached hydrogens (tertiary/aromatic N) is 1. The Hall–Kier alpha value is -3.48. The maximum absolute atomic E-state index is 14.0. The topological polar surface area (TPSA) is 79.5 Å². The van der Waals surface area contributed by atoms with E-state index in [-0.39, 0.29) is 30.3 Å². The lowest BCUT2D eigenvalue weighted by molar-refractivity contribution is -0.151. The highest BCUT2D eigenvalue weighted by Gasteiger charge is 2.38. The highest BCUT2D eigenvalue weighted by molar-refractivity contribution is 6.10. The first kappa shape index (κ1) is 18.9. The molecule has 1 saturated heterocycles. The SMILES string of the molecule is C[C@@H](OC(=O)[C@@H]1CC(=O)N(c2ccccc2F)C1)C(=O)c1c[nH]c2ccccc12. The molecule has 1 aromatic heterocycles. The van der Waals surface area contributed by atoms with Crippen molar-refractivity contribution in [1.82, 2.24) is 4.98 Å². The van der Waals surface area contributed by atoms with Crippen molar-refractivity contribution in [2.75, 3.05) is 11.4 Å². The van der Waals surface area contributed by atoms with Gasteiger partial charge in [-0.05, 0) is 25.1 Å². The fourth-order valence-electron chi connectivity index (χ4n) is 3.59. The summed E-state index contributed by atoms with van der Waals surface area (Å²) in [7, 11) is 0. The van der Waals surface area contributed by atoms with Gasteiger partial charge >= 0.3 is 5.97 Å². The van der Waals surface area contributed by atoms with Crippen molar-refractivity contribution in [2.45, 2.75) is 19.4 Å². The number of carbonyl (C=O) groups excluding carboxylic acids is 3. The maximum atomic E-state index is 14.0. The van der Waals surface area contributed by atoms with E-state index in [1.807, 2.05) is 24.3 Å². The van der Waals surface area contributed by atoms with Crippen LogP contribution >= 0.6 is 0 Å². The number of halogens is 1. The van der Waals surface area contributed by atoms with E-state index in [4.69, 9.17) is 4.74 Å². The molecule has 2 heterocycles. The number of Topliss-reactive ketones (excluding diaryl/α,β-unsaturated/α-hetero) is 1. The molecule has 0 bridgehead atoms. The van der Waals surface area contributed by atoms with Crippen molar-refractivity contribution in [2.24, 2.45) is 5.92 Å². The minimum atomic E-state index is -1.00. The number of nitrogens with one attached hydrogen (secondary N) is 1. The van der Waals surface area contributed by atoms with Crippen LogP contribution in [0.15, 0.2) is 54.7 Å². The number of H-pyrrole nitrogens is 1. The van der Waals surface area contributed by atoms with Gasteiger partial charge in [0.05, 0.1) is 11.6 Å². The summed E-state index contributed by atoms with van der Waals surface area (Å²) in [5, 5.41) is 0.752. The number of carbonyl (C=O) groups is 3. The Morgan fingerprint density at radius 1 is 1.17 bits per heavy atom. The van der Waals surface area contributed by atoms with Crippen LogP contribution in [-0.2, 0) is 14.3 Å². The lowest BCUT2D eigenvalue weighted by Crippen LogP contribution is -2.30. The molecule has 1 aliphatic rings. The normalized spacial score (nSPS) is 17.5. The summed E-state index contributed by atoms with van der Waals surface area (Å²) in [6, 6.07) is 13.3. The maximum Gasteiger partial charge on any atom is 0.312 e. The van der Waals surface area contributed by atoms with Crippen LogP contribution in [0.5, 0.6) is 0 Å². The first-order valence-corrected chi connectivity index (χ1v) is 9.31. The second kappa shape index (κ2) is 7.50. The number of hydrogen-bond donors (Lipinski definition) is 1. The molecule has 1 aliphatic heterocycles. The molecule has 29 heavy (non-hydrogen) atoms. The number of esters is 1. The predicted octanol–water partition coefficient (Wildman–Crippen LogP) is 3.47. The highest BCUT2D eigenvalue weighted by Crippen LogP contribution is 2.28. The Kier molecular flexibility index (Phi) is 4.88. The van der Waals surface area contributed by atoms with Crippen molar-refractivity contribution < 1.29 is 23.5 Å². The third-order valence-electron chi connectivity index (χ3n) is 5.12. The third-order valence-corrected chi connectivity index (χ3v) is 5.12. The number of rotatable bonds is 5. The zero-order valence-electron chi connectivity index (χ0n) is 15.7. The van der Waals surface area contributed by atoms with Gasteiger partial charge in [0, 0.05) is 35.6 Å². The second-order valence-corrected chi connectivity index (χ2v) is 7.05. The van der Waals surface area contributed by atoms with E-state index in [0.29, 0.717) is 5.56 Å². The molecule has 148 valence electrons. The van der Waals surface area contributed by atoms with Gasteiger partial charge < -0.3 is 14.6 Å². The summed E-state index contributed by atoms with van der Waals surface area (Å²) in [5.41, 5.74) is 1.39. The number of ketones is 1. The number of anilines is 1. The Morgan fingerprint density at radius 2 is 1.90 bits per heavy atom. The second-order valence-electron chi connectivity index (χ2n) is 7.05. The van der Waals surface area contributed by atoms with Gasteiger partial charge in [-0.25, -0.2) is 4.39 Å². The van der Waals surface area contributed by atoms with E-state index >= 15 is 0 Å². The van der Waals surface area contributed by atoms with E-state index in [0.717, 1.165) is 10.9 Å². The van der Waals surface area contributed by atoms with Gasteiger partial charge in [-0.3, -0.25) is 14.4 Å². The Balaban J connectivity index is 1.45. The highest BCUT2D eigenvalue weighted by atomic mass is 19.1. The van der Waals surface area contributed by atoms with Crippen LogP contribution in [-0.4, -0.2) is 35.3 Å². The predicted molar refractivity (Wildman–Crippen MR) is 105 cm³/mol. The van der Waals surface area contributed by atoms with Gasteiger partial charge in [0.25, 0.3) is 0 Å². The molecule has 2 aromatic carbocycles. The molecular weight excluding hydrogens is 375 g/mol. The van der Waals surface area contributed by atoms with Crippen molar-refractivity contribution in [3.8, 4) is 0 Å². The van der Waals surface area contributed by atoms with Crippen molar-refractivity contribution >= 4 is 34.3 Å². The molecule has 4 rings (SSSR count). The van der Waals surface area contributed by atoms with Gasteiger partial charge in [0.15, 0.2) is 6.10 Å². The molecule has 3 aromatic rings. The van der Waals surface area contributed by atoms with Gasteiger partial charge in [-0.15, -0.1) is 0 Å². The summed E-state index contributed by atoms with van der Waals surface area (Å²) in [4.78, 5) is 41.8. The number of fused-ring (bicyclic) bond motifs is 1. The molecule has 1 fully saturated rings. The van der Waals surface area contributed by atoms with Gasteiger partial charge in [-0.1, -0.05) is 30.3 Å². The van der Waals surface area contributed by atoms with Crippen LogP contribution in [0.2, 0.25) is 0 Å². The van der Waals surface area contributed by atoms with Gasteiger partial charge in [0.1, 0.15) is 5.82 Å². The molecule has 2 atom stereocenters. The van der Waals surface area contributed by atoms with Crippen LogP contribution < -0.4 is 4.90 Å². The third kappa shape index (κ3) is 3.51. The van der Waals surface area contributed by atoms with Crippen LogP contribution in [0, 0.1) is 11.7 Å². The average molecular weight is 394 g/mol. The number of benzene rings is 2. The molecule has 1 amide bonds. The van der Waals surface area contributed by atoms with Crippen molar-refractivity contribution in [3.63, 3.8) is 0 Å². The van der Waals surface area contributed by atoms with Crippen molar-refractivity contribution in [1.29, 1.82) is 0 Å². The molecule has 0 spiro atoms. The van der Waals surface area contributed by atoms with E-state index in [2.05, 4.69) is 4.98 Å². The van der Waals surface area contributed by atoms with Crippen LogP contribution in [0.25, 0.3) is 10.9 Å². The quantitative estimate of drug-likeness (QED) is 0.531. The van der Waals surface area contributed by atoms with Crippen LogP contribution in [0.4, 0.5) is 10.1 Å². The first-order valence-electron chi connectivity index (χ1n) is 9.31. The number of hydrogen-bond acceptors (Lipinski definition) is 4. The molecule has 0 unspecified atom stereocenters. The smallest absolute Gasteiger partial charge is 0.312 e. The van der Waals surface area contributed by atoms with E-state index < -0.39 is 23.8 Å². The zero-order valence-corrected chi connectivity index (χ0v) is 15.7. The van der Waals surface area contributed by atoms with E-state index in [1.165, 1.54) is 30.0 Å². The van der Waals surface area contributed by atoms with Gasteiger partial charge in [0.2, 0.25) is 11.7 Å². The van der Waals surface area contributed by atoms with Crippen molar-refractivity contribution in [3.05, 3.63) is 66.1 Å². The number of aromatic amines is 1. The molecule has 0 aliphatic carbocycles. The molecule has 7 heteroatoms. The summed E-state index contributed by atoms with van der Waals surface area (Å²) in [6.45, 7) is 1.53. The summed E-state index contributed by atoms with van der Waals surface area (Å²) >= 11 is 0. The lowest BCUT2D eigenvalue weighted by atomic mass is 10.1. The molecule has 1 N–H and O–H groups in total. The first-order chi connectivity index (χ1) is 14.0. The average Bonchev–Trinajstić information content (AvgIpc) is 3.31. The number of amides is 1. The van der Waals surface area contributed by atoms with Crippen LogP contribution in [0.1, 0.15) is 23.7 Å². The van der Waals surface area contributed by atoms with E-state index in [1.54, 1.807) is 12.3 Å². The Bertz CT molecular complexity index is 1110. The van der Waals surface area contributed by atoms with E-state index in [9.17, 15) is 18.8 Å². The summed E-state index contributed by atoms with van der Waals surface area (Å²) in [6.07, 6.45) is 0.511. The molecule has 0 radical (unpaired) electrons. The summed E-state index contributed by atoms with van der Waals surface area (Å²) in [5.74, 6) is -2.60. The Labute approximate surface area is 166 Å². The fraction of sp³-hybridized carbons (Fsp3) is 0.227. The zero-order chi connectivity index (χ0) is 20.5. The fourth-order valence-corrected chi connectivity index (χ4v) is 3.59. The standard InChI is InChI=1S/C22H19FN2O4/c1-13(21(27)16-11-24-18-8-4-2-6-15(16)18)29-22(28)14-10-20(26)25(12-14)19-9-5-3-7-17(19)23/h2-9,11,13-14,24H,10,12H2,1H3/t13-,14-/m1/s1. The minimum Gasteiger partial charge on any atom is -0.454 e. The number of ether oxygens (including phenoxy) is 1. The number of para-hydroxylation sites is 2. The lowest BCUT2D eigenvalue weighted by Gasteiger charge is -2.18.